The van der Waals surface area contributed by atoms with Crippen LogP contribution in [0.1, 0.15) is 29.7 Å². The molecule has 1 amide bonds. The van der Waals surface area contributed by atoms with Gasteiger partial charge in [-0.3, -0.25) is 9.59 Å². The Morgan fingerprint density at radius 3 is 2.42 bits per heavy atom. The molecule has 162 valence electrons. The first-order valence-electron chi connectivity index (χ1n) is 10.5. The molecule has 7 heteroatoms. The Morgan fingerprint density at radius 1 is 1.13 bits per heavy atom. The lowest BCUT2D eigenvalue weighted by atomic mass is 10.1. The molecular formula is C24H26N2O5. The minimum absolute atomic E-state index is 0.0783. The third-order valence-electron chi connectivity index (χ3n) is 5.58. The molecule has 2 atom stereocenters. The van der Waals surface area contributed by atoms with E-state index < -0.39 is 12.2 Å². The molecule has 2 aromatic rings. The van der Waals surface area contributed by atoms with Crippen LogP contribution in [0.15, 0.2) is 41.2 Å². The molecule has 1 aliphatic carbocycles. The lowest BCUT2D eigenvalue weighted by Gasteiger charge is -2.16. The molecular weight excluding hydrogens is 396 g/mol. The Kier molecular flexibility index (Phi) is 6.12. The van der Waals surface area contributed by atoms with E-state index in [4.69, 9.17) is 4.74 Å². The van der Waals surface area contributed by atoms with Crippen LogP contribution in [0.25, 0.3) is 0 Å². The van der Waals surface area contributed by atoms with Gasteiger partial charge >= 0.3 is 0 Å². The Labute approximate surface area is 180 Å². The number of aliphatic hydroxyl groups excluding tert-OH is 2. The van der Waals surface area contributed by atoms with Crippen LogP contribution in [0, 0.1) is 24.7 Å². The van der Waals surface area contributed by atoms with Gasteiger partial charge in [0.2, 0.25) is 0 Å². The van der Waals surface area contributed by atoms with E-state index in [1.807, 2.05) is 31.2 Å². The van der Waals surface area contributed by atoms with Crippen molar-refractivity contribution >= 4 is 5.91 Å². The van der Waals surface area contributed by atoms with Gasteiger partial charge in [0, 0.05) is 36.3 Å². The van der Waals surface area contributed by atoms with Crippen LogP contribution >= 0.6 is 0 Å². The Morgan fingerprint density at radius 2 is 1.81 bits per heavy atom. The average Bonchev–Trinajstić information content (AvgIpc) is 3.52. The summed E-state index contributed by atoms with van der Waals surface area (Å²) in [5.74, 6) is 6.95. The fourth-order valence-corrected chi connectivity index (χ4v) is 3.48. The number of nitrogens with zero attached hydrogens (tertiary/aromatic N) is 2. The molecule has 0 radical (unpaired) electrons. The predicted molar refractivity (Wildman–Crippen MR) is 115 cm³/mol. The summed E-state index contributed by atoms with van der Waals surface area (Å²) in [6.07, 6.45) is 0.529. The number of carbonyl (C=O) groups excluding carboxylic acids is 1. The molecule has 2 heterocycles. The molecule has 0 spiro atoms. The molecule has 31 heavy (non-hydrogen) atoms. The minimum atomic E-state index is -0.936. The van der Waals surface area contributed by atoms with Gasteiger partial charge in [-0.05, 0) is 43.5 Å². The molecule has 1 aromatic heterocycles. The molecule has 1 saturated carbocycles. The molecule has 2 fully saturated rings. The highest BCUT2D eigenvalue weighted by Gasteiger charge is 2.32. The van der Waals surface area contributed by atoms with Gasteiger partial charge in [0.1, 0.15) is 5.75 Å². The van der Waals surface area contributed by atoms with Crippen molar-refractivity contribution in [3.8, 4) is 17.6 Å². The quantitative estimate of drug-likeness (QED) is 0.699. The maximum atomic E-state index is 12.6. The summed E-state index contributed by atoms with van der Waals surface area (Å²) in [7, 11) is 0. The Hall–Kier alpha value is -3.08. The van der Waals surface area contributed by atoms with E-state index in [1.165, 1.54) is 23.8 Å². The third-order valence-corrected chi connectivity index (χ3v) is 5.58. The van der Waals surface area contributed by atoms with E-state index in [0.29, 0.717) is 18.2 Å². The summed E-state index contributed by atoms with van der Waals surface area (Å²) < 4.78 is 7.15. The number of amides is 1. The number of aromatic nitrogens is 1. The highest BCUT2D eigenvalue weighted by atomic mass is 16.5. The molecule has 1 aliphatic heterocycles. The summed E-state index contributed by atoms with van der Waals surface area (Å²) in [5.41, 5.74) is 2.48. The van der Waals surface area contributed by atoms with Crippen molar-refractivity contribution in [2.45, 2.75) is 38.5 Å². The third kappa shape index (κ3) is 5.35. The zero-order chi connectivity index (χ0) is 22.0. The maximum Gasteiger partial charge on any atom is 0.260 e. The fourth-order valence-electron chi connectivity index (χ4n) is 3.48. The van der Waals surface area contributed by atoms with E-state index in [0.717, 1.165) is 16.8 Å². The first-order chi connectivity index (χ1) is 14.9. The van der Waals surface area contributed by atoms with Crippen LogP contribution in [-0.4, -0.2) is 57.5 Å². The number of carbonyl (C=O) groups is 1. The normalized spacial score (nSPS) is 20.3. The molecule has 1 aromatic carbocycles. The highest BCUT2D eigenvalue weighted by molar-refractivity contribution is 5.78. The number of aliphatic hydroxyl groups is 2. The van der Waals surface area contributed by atoms with Crippen LogP contribution in [0.3, 0.4) is 0 Å². The van der Waals surface area contributed by atoms with E-state index in [1.54, 1.807) is 10.6 Å². The summed E-state index contributed by atoms with van der Waals surface area (Å²) in [6, 6.07) is 11.0. The van der Waals surface area contributed by atoms with E-state index in [-0.39, 0.29) is 31.2 Å². The molecule has 4 rings (SSSR count). The lowest BCUT2D eigenvalue weighted by molar-refractivity contribution is -0.132. The second-order valence-electron chi connectivity index (χ2n) is 8.22. The number of β-amino-alcohol motifs (C(OH)–C–C–N with tert-alkyl or cyclic N) is 2. The summed E-state index contributed by atoms with van der Waals surface area (Å²) in [6.45, 7) is 2.15. The number of hydrogen-bond acceptors (Lipinski definition) is 5. The monoisotopic (exact) mass is 422 g/mol. The molecule has 2 aliphatic rings. The first-order valence-corrected chi connectivity index (χ1v) is 10.5. The molecule has 0 bridgehead atoms. The van der Waals surface area contributed by atoms with Crippen molar-refractivity contribution < 1.29 is 19.7 Å². The van der Waals surface area contributed by atoms with Crippen molar-refractivity contribution in [2.24, 2.45) is 5.92 Å². The van der Waals surface area contributed by atoms with Gasteiger partial charge in [0.05, 0.1) is 18.8 Å². The molecule has 7 nitrogen and oxygen atoms in total. The van der Waals surface area contributed by atoms with Crippen LogP contribution in [0.5, 0.6) is 5.75 Å². The SMILES string of the molecule is Cc1cc(OCC(=O)N2CC(O)C(O)C2)cc(=O)n1Cc1ccc(C#CC2CC2)cc1. The van der Waals surface area contributed by atoms with Crippen molar-refractivity contribution in [2.75, 3.05) is 19.7 Å². The maximum absolute atomic E-state index is 12.6. The summed E-state index contributed by atoms with van der Waals surface area (Å²) in [4.78, 5) is 26.1. The number of aryl methyl sites for hydroxylation is 1. The van der Waals surface area contributed by atoms with E-state index in [9.17, 15) is 19.8 Å². The van der Waals surface area contributed by atoms with Crippen molar-refractivity contribution in [1.82, 2.24) is 9.47 Å². The van der Waals surface area contributed by atoms with E-state index in [2.05, 4.69) is 11.8 Å². The van der Waals surface area contributed by atoms with Crippen LogP contribution < -0.4 is 10.3 Å². The van der Waals surface area contributed by atoms with Gasteiger partial charge in [-0.25, -0.2) is 0 Å². The largest absolute Gasteiger partial charge is 0.484 e. The molecule has 1 saturated heterocycles. The standard InChI is InChI=1S/C24H26N2O5/c1-16-10-20(31-15-24(30)25-13-21(27)22(28)14-25)11-23(29)26(16)12-19-8-6-18(7-9-19)5-4-17-2-3-17/h6-11,17,21-22,27-28H,2-3,12-15H2,1H3. The number of benzene rings is 1. The van der Waals surface area contributed by atoms with Gasteiger partial charge in [0.25, 0.3) is 11.5 Å². The van der Waals surface area contributed by atoms with Gasteiger partial charge in [0.15, 0.2) is 6.61 Å². The zero-order valence-corrected chi connectivity index (χ0v) is 17.5. The topological polar surface area (TPSA) is 92.0 Å². The zero-order valence-electron chi connectivity index (χ0n) is 17.5. The lowest BCUT2D eigenvalue weighted by Crippen LogP contribution is -2.34. The number of likely N-dealkylation sites (tertiary alicyclic amines) is 1. The van der Waals surface area contributed by atoms with Gasteiger partial charge < -0.3 is 24.4 Å². The number of pyridine rings is 1. The van der Waals surface area contributed by atoms with E-state index >= 15 is 0 Å². The Bertz CT molecular complexity index is 1070. The predicted octanol–water partition coefficient (Wildman–Crippen LogP) is 0.909. The second-order valence-corrected chi connectivity index (χ2v) is 8.22. The number of ether oxygens (including phenoxy) is 1. The van der Waals surface area contributed by atoms with Gasteiger partial charge in [-0.1, -0.05) is 24.0 Å². The summed E-state index contributed by atoms with van der Waals surface area (Å²) >= 11 is 0. The van der Waals surface area contributed by atoms with Crippen molar-refractivity contribution in [3.63, 3.8) is 0 Å². The average molecular weight is 422 g/mol. The molecule has 2 N–H and O–H groups in total. The van der Waals surface area contributed by atoms with Crippen molar-refractivity contribution in [3.05, 3.63) is 63.6 Å². The number of rotatable bonds is 5. The minimum Gasteiger partial charge on any atom is -0.484 e. The second kappa shape index (κ2) is 8.96. The van der Waals surface area contributed by atoms with Gasteiger partial charge in [-0.2, -0.15) is 0 Å². The van der Waals surface area contributed by atoms with Gasteiger partial charge in [-0.15, -0.1) is 0 Å². The fraction of sp³-hybridized carbons (Fsp3) is 0.417. The summed E-state index contributed by atoms with van der Waals surface area (Å²) in [5, 5.41) is 19.1. The molecule has 2 unspecified atom stereocenters. The van der Waals surface area contributed by atoms with Crippen molar-refractivity contribution in [1.29, 1.82) is 0 Å². The number of hydrogen-bond donors (Lipinski definition) is 2. The smallest absolute Gasteiger partial charge is 0.260 e. The van der Waals surface area contributed by atoms with Crippen LogP contribution in [0.4, 0.5) is 0 Å². The van der Waals surface area contributed by atoms with Crippen LogP contribution in [-0.2, 0) is 11.3 Å². The first kappa shape index (κ1) is 21.2. The van der Waals surface area contributed by atoms with Crippen LogP contribution in [0.2, 0.25) is 0 Å². The highest BCUT2D eigenvalue weighted by Crippen LogP contribution is 2.27. The Balaban J connectivity index is 1.37.